The molecule has 0 saturated carbocycles. The normalized spacial score (nSPS) is 12.8. The van der Waals surface area contributed by atoms with Gasteiger partial charge >= 0.3 is 0 Å². The highest BCUT2D eigenvalue weighted by molar-refractivity contribution is 9.11. The maximum absolute atomic E-state index is 13.6. The van der Waals surface area contributed by atoms with Gasteiger partial charge in [-0.3, -0.25) is 0 Å². The van der Waals surface area contributed by atoms with Crippen molar-refractivity contribution in [3.05, 3.63) is 55.4 Å². The molecule has 0 spiro atoms. The van der Waals surface area contributed by atoms with E-state index in [0.717, 1.165) is 20.8 Å². The van der Waals surface area contributed by atoms with Crippen molar-refractivity contribution in [2.75, 3.05) is 0 Å². The molecule has 1 nitrogen and oxygen atoms in total. The van der Waals surface area contributed by atoms with E-state index in [0.29, 0.717) is 5.56 Å². The molecule has 6 heteroatoms. The van der Waals surface area contributed by atoms with Gasteiger partial charge in [-0.05, 0) is 40.5 Å². The highest BCUT2D eigenvalue weighted by atomic mass is 79.9. The fraction of sp³-hybridized carbons (Fsp3) is 0.167. The van der Waals surface area contributed by atoms with Gasteiger partial charge in [0.15, 0.2) is 17.5 Å². The third-order valence-electron chi connectivity index (χ3n) is 2.58. The monoisotopic (exact) mass is 336 g/mol. The Morgan fingerprint density at radius 1 is 1.17 bits per heavy atom. The lowest BCUT2D eigenvalue weighted by Gasteiger charge is -2.12. The first-order valence-electron chi connectivity index (χ1n) is 4.99. The number of thiophene rings is 1. The van der Waals surface area contributed by atoms with Crippen LogP contribution in [0.5, 0.6) is 0 Å². The molecular weight excluding hydrogens is 329 g/mol. The van der Waals surface area contributed by atoms with E-state index in [2.05, 4.69) is 15.9 Å². The maximum Gasteiger partial charge on any atom is 0.194 e. The maximum atomic E-state index is 13.6. The third kappa shape index (κ3) is 2.32. The van der Waals surface area contributed by atoms with Crippen LogP contribution in [0.2, 0.25) is 0 Å². The summed E-state index contributed by atoms with van der Waals surface area (Å²) in [6.45, 7) is 1.76. The number of aliphatic hydroxyl groups is 1. The van der Waals surface area contributed by atoms with Crippen LogP contribution >= 0.6 is 27.3 Å². The van der Waals surface area contributed by atoms with Crippen molar-refractivity contribution in [2.24, 2.45) is 0 Å². The van der Waals surface area contributed by atoms with E-state index in [4.69, 9.17) is 0 Å². The Morgan fingerprint density at radius 3 is 2.39 bits per heavy atom. The lowest BCUT2D eigenvalue weighted by molar-refractivity contribution is 0.212. The van der Waals surface area contributed by atoms with Gasteiger partial charge in [0, 0.05) is 10.4 Å². The van der Waals surface area contributed by atoms with Gasteiger partial charge in [0.1, 0.15) is 6.10 Å². The van der Waals surface area contributed by atoms with Gasteiger partial charge in [-0.15, -0.1) is 11.3 Å². The summed E-state index contributed by atoms with van der Waals surface area (Å²) >= 11 is 4.62. The van der Waals surface area contributed by atoms with E-state index >= 15 is 0 Å². The molecule has 1 heterocycles. The van der Waals surface area contributed by atoms with E-state index in [-0.39, 0.29) is 5.56 Å². The third-order valence-corrected chi connectivity index (χ3v) is 4.15. The van der Waals surface area contributed by atoms with Crippen LogP contribution in [0.4, 0.5) is 13.2 Å². The summed E-state index contributed by atoms with van der Waals surface area (Å²) in [5.74, 6) is -4.20. The second-order valence-electron chi connectivity index (χ2n) is 3.73. The van der Waals surface area contributed by atoms with Crippen molar-refractivity contribution in [1.29, 1.82) is 0 Å². The minimum absolute atomic E-state index is 0.276. The van der Waals surface area contributed by atoms with Crippen LogP contribution in [0.15, 0.2) is 22.0 Å². The molecule has 0 saturated heterocycles. The molecule has 1 atom stereocenters. The molecule has 18 heavy (non-hydrogen) atoms. The van der Waals surface area contributed by atoms with Gasteiger partial charge in [0.05, 0.1) is 3.79 Å². The van der Waals surface area contributed by atoms with Crippen molar-refractivity contribution in [3.8, 4) is 0 Å². The van der Waals surface area contributed by atoms with Crippen LogP contribution in [0.3, 0.4) is 0 Å². The average Bonchev–Trinajstić information content (AvgIpc) is 2.65. The van der Waals surface area contributed by atoms with Gasteiger partial charge in [-0.2, -0.15) is 0 Å². The average molecular weight is 337 g/mol. The number of aliphatic hydroxyl groups excluding tert-OH is 1. The van der Waals surface area contributed by atoms with Crippen molar-refractivity contribution in [3.63, 3.8) is 0 Å². The molecule has 96 valence electrons. The molecule has 2 aromatic rings. The Hall–Kier alpha value is -0.850. The molecule has 1 N–H and O–H groups in total. The van der Waals surface area contributed by atoms with Crippen molar-refractivity contribution < 1.29 is 18.3 Å². The zero-order valence-corrected chi connectivity index (χ0v) is 11.6. The molecule has 0 aliphatic rings. The van der Waals surface area contributed by atoms with Crippen LogP contribution in [0, 0.1) is 24.4 Å². The van der Waals surface area contributed by atoms with Crippen LogP contribution in [0.25, 0.3) is 0 Å². The number of rotatable bonds is 2. The number of halogens is 4. The topological polar surface area (TPSA) is 20.2 Å². The van der Waals surface area contributed by atoms with Gasteiger partial charge < -0.3 is 5.11 Å². The van der Waals surface area contributed by atoms with E-state index in [1.807, 2.05) is 0 Å². The second kappa shape index (κ2) is 5.03. The standard InChI is InChI=1S/C12H8BrF3OS/c1-5-7(4-9(13)18-5)12(17)6-2-3-8(14)11(16)10(6)15/h2-4,12,17H,1H3. The second-order valence-corrected chi connectivity index (χ2v) is 6.36. The molecule has 0 aliphatic carbocycles. The zero-order valence-electron chi connectivity index (χ0n) is 9.18. The Labute approximate surface area is 114 Å². The first kappa shape index (κ1) is 13.6. The van der Waals surface area contributed by atoms with Crippen LogP contribution < -0.4 is 0 Å². The summed E-state index contributed by atoms with van der Waals surface area (Å²) < 4.78 is 40.2. The number of hydrogen-bond acceptors (Lipinski definition) is 2. The highest BCUT2D eigenvalue weighted by Crippen LogP contribution is 2.35. The van der Waals surface area contributed by atoms with Crippen LogP contribution in [0.1, 0.15) is 22.1 Å². The Kier molecular flexibility index (Phi) is 3.79. The minimum atomic E-state index is -1.57. The summed E-state index contributed by atoms with van der Waals surface area (Å²) in [5.41, 5.74) is 0.194. The van der Waals surface area contributed by atoms with Gasteiger partial charge in [-0.1, -0.05) is 6.07 Å². The van der Waals surface area contributed by atoms with Gasteiger partial charge in [0.2, 0.25) is 0 Å². The van der Waals surface area contributed by atoms with Gasteiger partial charge in [0.25, 0.3) is 0 Å². The molecule has 2 rings (SSSR count). The molecule has 0 aliphatic heterocycles. The summed E-state index contributed by atoms with van der Waals surface area (Å²) in [6, 6.07) is 3.47. The number of benzene rings is 1. The Morgan fingerprint density at radius 2 is 1.83 bits per heavy atom. The van der Waals surface area contributed by atoms with Crippen molar-refractivity contribution >= 4 is 27.3 Å². The molecule has 0 radical (unpaired) electrons. The lowest BCUT2D eigenvalue weighted by Crippen LogP contribution is -2.05. The lowest BCUT2D eigenvalue weighted by atomic mass is 10.0. The number of hydrogen-bond donors (Lipinski definition) is 1. The molecule has 1 aromatic carbocycles. The van der Waals surface area contributed by atoms with E-state index in [1.54, 1.807) is 13.0 Å². The molecule has 0 amide bonds. The smallest absolute Gasteiger partial charge is 0.194 e. The Balaban J connectivity index is 2.49. The molecule has 0 bridgehead atoms. The van der Waals surface area contributed by atoms with Crippen LogP contribution in [-0.2, 0) is 0 Å². The first-order valence-corrected chi connectivity index (χ1v) is 6.60. The summed E-state index contributed by atoms with van der Waals surface area (Å²) in [5, 5.41) is 10.0. The van der Waals surface area contributed by atoms with Crippen molar-refractivity contribution in [1.82, 2.24) is 0 Å². The summed E-state index contributed by atoms with van der Waals surface area (Å²) in [6.07, 6.45) is -1.32. The molecule has 0 fully saturated rings. The van der Waals surface area contributed by atoms with Gasteiger partial charge in [-0.25, -0.2) is 13.2 Å². The molecule has 1 unspecified atom stereocenters. The zero-order chi connectivity index (χ0) is 13.4. The quantitative estimate of drug-likeness (QED) is 0.810. The predicted molar refractivity (Wildman–Crippen MR) is 67.1 cm³/mol. The molecule has 1 aromatic heterocycles. The minimum Gasteiger partial charge on any atom is -0.384 e. The van der Waals surface area contributed by atoms with E-state index < -0.39 is 23.6 Å². The van der Waals surface area contributed by atoms with Crippen molar-refractivity contribution in [2.45, 2.75) is 13.0 Å². The highest BCUT2D eigenvalue weighted by Gasteiger charge is 2.22. The number of aryl methyl sites for hydroxylation is 1. The Bertz CT molecular complexity index is 597. The summed E-state index contributed by atoms with van der Waals surface area (Å²) in [4.78, 5) is 0.776. The predicted octanol–water partition coefficient (Wildman–Crippen LogP) is 4.32. The first-order chi connectivity index (χ1) is 8.41. The SMILES string of the molecule is Cc1sc(Br)cc1C(O)c1ccc(F)c(F)c1F. The largest absolute Gasteiger partial charge is 0.384 e. The molecular formula is C12H8BrF3OS. The van der Waals surface area contributed by atoms with Crippen LogP contribution in [-0.4, -0.2) is 5.11 Å². The van der Waals surface area contributed by atoms with E-state index in [1.165, 1.54) is 11.3 Å². The van der Waals surface area contributed by atoms with E-state index in [9.17, 15) is 18.3 Å². The fourth-order valence-corrected chi connectivity index (χ4v) is 3.39. The fourth-order valence-electron chi connectivity index (χ4n) is 1.65. The summed E-state index contributed by atoms with van der Waals surface area (Å²) in [7, 11) is 0.